The summed E-state index contributed by atoms with van der Waals surface area (Å²) < 4.78 is 0. The number of hydrogen-bond acceptors (Lipinski definition) is 3. The van der Waals surface area contributed by atoms with Crippen LogP contribution < -0.4 is 5.32 Å². The summed E-state index contributed by atoms with van der Waals surface area (Å²) in [7, 11) is 2.06. The summed E-state index contributed by atoms with van der Waals surface area (Å²) in [5.41, 5.74) is 2.71. The number of benzene rings is 1. The lowest BCUT2D eigenvalue weighted by Crippen LogP contribution is -2.43. The quantitative estimate of drug-likeness (QED) is 0.904. The number of fused-ring (bicyclic) bond motifs is 1. The smallest absolute Gasteiger partial charge is 0.236 e. The first-order valence-electron chi connectivity index (χ1n) is 7.52. The second kappa shape index (κ2) is 5.94. The van der Waals surface area contributed by atoms with Gasteiger partial charge in [0.25, 0.3) is 0 Å². The Labute approximate surface area is 120 Å². The highest BCUT2D eigenvalue weighted by Crippen LogP contribution is 2.26. The molecule has 0 spiro atoms. The molecule has 4 nitrogen and oxygen atoms in total. The standard InChI is InChI=1S/C16H23N3O/c1-18(12-16(20)19-8-4-5-9-19)15-11-17-10-13-6-2-3-7-14(13)15/h2-3,6-7,15,17H,4-5,8-12H2,1H3. The molecule has 1 N–H and O–H groups in total. The second-order valence-corrected chi connectivity index (χ2v) is 5.85. The Morgan fingerprint density at radius 3 is 2.90 bits per heavy atom. The fourth-order valence-corrected chi connectivity index (χ4v) is 3.26. The van der Waals surface area contributed by atoms with Crippen LogP contribution in [-0.4, -0.2) is 48.9 Å². The van der Waals surface area contributed by atoms with E-state index in [0.29, 0.717) is 12.6 Å². The first-order valence-corrected chi connectivity index (χ1v) is 7.52. The van der Waals surface area contributed by atoms with Gasteiger partial charge in [0.15, 0.2) is 0 Å². The number of nitrogens with zero attached hydrogens (tertiary/aromatic N) is 2. The highest BCUT2D eigenvalue weighted by Gasteiger charge is 2.26. The van der Waals surface area contributed by atoms with E-state index in [9.17, 15) is 4.79 Å². The zero-order chi connectivity index (χ0) is 13.9. The molecule has 1 unspecified atom stereocenters. The van der Waals surface area contributed by atoms with Crippen molar-refractivity contribution in [1.82, 2.24) is 15.1 Å². The summed E-state index contributed by atoms with van der Waals surface area (Å²) in [6.07, 6.45) is 2.31. The molecule has 20 heavy (non-hydrogen) atoms. The van der Waals surface area contributed by atoms with Gasteiger partial charge in [-0.2, -0.15) is 0 Å². The molecule has 0 saturated carbocycles. The van der Waals surface area contributed by atoms with E-state index in [1.807, 2.05) is 4.90 Å². The summed E-state index contributed by atoms with van der Waals surface area (Å²) in [5.74, 6) is 0.271. The van der Waals surface area contributed by atoms with Crippen molar-refractivity contribution in [1.29, 1.82) is 0 Å². The van der Waals surface area contributed by atoms with Gasteiger partial charge in [0.1, 0.15) is 0 Å². The lowest BCUT2D eigenvalue weighted by atomic mass is 9.96. The van der Waals surface area contributed by atoms with Crippen molar-refractivity contribution in [2.45, 2.75) is 25.4 Å². The number of likely N-dealkylation sites (tertiary alicyclic amines) is 1. The Morgan fingerprint density at radius 2 is 2.10 bits per heavy atom. The summed E-state index contributed by atoms with van der Waals surface area (Å²) in [4.78, 5) is 16.5. The maximum Gasteiger partial charge on any atom is 0.236 e. The normalized spacial score (nSPS) is 22.1. The van der Waals surface area contributed by atoms with Crippen molar-refractivity contribution in [3.63, 3.8) is 0 Å². The van der Waals surface area contributed by atoms with E-state index in [1.54, 1.807) is 0 Å². The van der Waals surface area contributed by atoms with Crippen molar-refractivity contribution in [3.05, 3.63) is 35.4 Å². The zero-order valence-corrected chi connectivity index (χ0v) is 12.1. The zero-order valence-electron chi connectivity index (χ0n) is 12.1. The van der Waals surface area contributed by atoms with Gasteiger partial charge in [0.2, 0.25) is 5.91 Å². The van der Waals surface area contributed by atoms with Gasteiger partial charge in [-0.1, -0.05) is 24.3 Å². The van der Waals surface area contributed by atoms with Crippen LogP contribution in [0.25, 0.3) is 0 Å². The number of likely N-dealkylation sites (N-methyl/N-ethyl adjacent to an activating group) is 1. The molecule has 1 aromatic carbocycles. The summed E-state index contributed by atoms with van der Waals surface area (Å²) >= 11 is 0. The fourth-order valence-electron chi connectivity index (χ4n) is 3.26. The third kappa shape index (κ3) is 2.72. The summed E-state index contributed by atoms with van der Waals surface area (Å²) in [5, 5.41) is 3.45. The molecule has 2 heterocycles. The average Bonchev–Trinajstić information content (AvgIpc) is 3.01. The predicted molar refractivity (Wildman–Crippen MR) is 79.3 cm³/mol. The van der Waals surface area contributed by atoms with Gasteiger partial charge < -0.3 is 10.2 Å². The van der Waals surface area contributed by atoms with Crippen LogP contribution in [-0.2, 0) is 11.3 Å². The molecule has 2 aliphatic heterocycles. The van der Waals surface area contributed by atoms with Gasteiger partial charge in [0.05, 0.1) is 6.54 Å². The molecule has 1 fully saturated rings. The molecular weight excluding hydrogens is 250 g/mol. The molecule has 1 aromatic rings. The van der Waals surface area contributed by atoms with Crippen LogP contribution in [0, 0.1) is 0 Å². The number of carbonyl (C=O) groups excluding carboxylic acids is 1. The van der Waals surface area contributed by atoms with Crippen molar-refractivity contribution < 1.29 is 4.79 Å². The highest BCUT2D eigenvalue weighted by molar-refractivity contribution is 5.78. The minimum Gasteiger partial charge on any atom is -0.342 e. The lowest BCUT2D eigenvalue weighted by molar-refractivity contribution is -0.131. The van der Waals surface area contributed by atoms with Crippen LogP contribution in [0.2, 0.25) is 0 Å². The highest BCUT2D eigenvalue weighted by atomic mass is 16.2. The number of hydrogen-bond donors (Lipinski definition) is 1. The molecule has 1 saturated heterocycles. The van der Waals surface area contributed by atoms with Gasteiger partial charge in [-0.05, 0) is 31.0 Å². The summed E-state index contributed by atoms with van der Waals surface area (Å²) in [6.45, 7) is 4.24. The van der Waals surface area contributed by atoms with Crippen LogP contribution in [0.4, 0.5) is 0 Å². The minimum absolute atomic E-state index is 0.271. The van der Waals surface area contributed by atoms with Crippen molar-refractivity contribution >= 4 is 5.91 Å². The topological polar surface area (TPSA) is 35.6 Å². The first-order chi connectivity index (χ1) is 9.75. The van der Waals surface area contributed by atoms with Gasteiger partial charge in [-0.25, -0.2) is 0 Å². The Kier molecular flexibility index (Phi) is 4.03. The summed E-state index contributed by atoms with van der Waals surface area (Å²) in [6, 6.07) is 8.83. The lowest BCUT2D eigenvalue weighted by Gasteiger charge is -2.34. The van der Waals surface area contributed by atoms with E-state index in [1.165, 1.54) is 11.1 Å². The minimum atomic E-state index is 0.271. The number of nitrogens with one attached hydrogen (secondary N) is 1. The molecule has 0 bridgehead atoms. The van der Waals surface area contributed by atoms with Crippen molar-refractivity contribution in [2.75, 3.05) is 33.2 Å². The Hall–Kier alpha value is -1.39. The van der Waals surface area contributed by atoms with Crippen LogP contribution >= 0.6 is 0 Å². The number of rotatable bonds is 3. The average molecular weight is 273 g/mol. The molecule has 1 atom stereocenters. The molecule has 0 aromatic heterocycles. The second-order valence-electron chi connectivity index (χ2n) is 5.85. The monoisotopic (exact) mass is 273 g/mol. The molecule has 0 aliphatic carbocycles. The van der Waals surface area contributed by atoms with Crippen LogP contribution in [0.3, 0.4) is 0 Å². The Balaban J connectivity index is 1.68. The Morgan fingerprint density at radius 1 is 1.35 bits per heavy atom. The van der Waals surface area contributed by atoms with E-state index in [2.05, 4.69) is 41.5 Å². The number of carbonyl (C=O) groups is 1. The maximum atomic E-state index is 12.3. The van der Waals surface area contributed by atoms with Gasteiger partial charge in [-0.3, -0.25) is 9.69 Å². The van der Waals surface area contributed by atoms with E-state index in [4.69, 9.17) is 0 Å². The van der Waals surface area contributed by atoms with Crippen LogP contribution in [0.5, 0.6) is 0 Å². The fraction of sp³-hybridized carbons (Fsp3) is 0.562. The van der Waals surface area contributed by atoms with Gasteiger partial charge in [0, 0.05) is 32.2 Å². The molecule has 3 rings (SSSR count). The van der Waals surface area contributed by atoms with Crippen LogP contribution in [0.15, 0.2) is 24.3 Å². The van der Waals surface area contributed by atoms with Gasteiger partial charge in [-0.15, -0.1) is 0 Å². The first kappa shape index (κ1) is 13.6. The largest absolute Gasteiger partial charge is 0.342 e. The molecular formula is C16H23N3O. The van der Waals surface area contributed by atoms with E-state index < -0.39 is 0 Å². The predicted octanol–water partition coefficient (Wildman–Crippen LogP) is 1.39. The molecule has 4 heteroatoms. The van der Waals surface area contributed by atoms with E-state index in [-0.39, 0.29) is 5.91 Å². The van der Waals surface area contributed by atoms with Crippen molar-refractivity contribution in [2.24, 2.45) is 0 Å². The van der Waals surface area contributed by atoms with E-state index >= 15 is 0 Å². The van der Waals surface area contributed by atoms with E-state index in [0.717, 1.165) is 39.0 Å². The number of amides is 1. The maximum absolute atomic E-state index is 12.3. The molecule has 1 amide bonds. The van der Waals surface area contributed by atoms with Crippen molar-refractivity contribution in [3.8, 4) is 0 Å². The molecule has 2 aliphatic rings. The Bertz CT molecular complexity index is 482. The third-order valence-electron chi connectivity index (χ3n) is 4.44. The van der Waals surface area contributed by atoms with Crippen LogP contribution in [0.1, 0.15) is 30.0 Å². The SMILES string of the molecule is CN(CC(=O)N1CCCC1)C1CNCc2ccccc21. The third-order valence-corrected chi connectivity index (χ3v) is 4.44. The van der Waals surface area contributed by atoms with Gasteiger partial charge >= 0.3 is 0 Å². The molecule has 0 radical (unpaired) electrons. The molecule has 108 valence electrons.